The number of nitrogens with one attached hydrogen (secondary N) is 2. The summed E-state index contributed by atoms with van der Waals surface area (Å²) in [6.07, 6.45) is 2.11. The van der Waals surface area contributed by atoms with E-state index in [9.17, 15) is 9.59 Å². The first-order chi connectivity index (χ1) is 16.9. The fraction of sp³-hybridized carbons (Fsp3) is 0.269. The number of hydrogen-bond acceptors (Lipinski definition) is 7. The summed E-state index contributed by atoms with van der Waals surface area (Å²) in [5.41, 5.74) is 5.59. The van der Waals surface area contributed by atoms with E-state index in [1.165, 1.54) is 7.11 Å². The van der Waals surface area contributed by atoms with Crippen LogP contribution in [-0.2, 0) is 6.42 Å². The first kappa shape index (κ1) is 23.9. The van der Waals surface area contributed by atoms with Crippen LogP contribution in [0.4, 0.5) is 5.69 Å². The smallest absolute Gasteiger partial charge is 0.291 e. The molecule has 0 saturated heterocycles. The second kappa shape index (κ2) is 10.3. The fourth-order valence-corrected chi connectivity index (χ4v) is 4.03. The van der Waals surface area contributed by atoms with Gasteiger partial charge in [0, 0.05) is 29.2 Å². The first-order valence-corrected chi connectivity index (χ1v) is 11.1. The second-order valence-corrected chi connectivity index (χ2v) is 7.96. The van der Waals surface area contributed by atoms with Gasteiger partial charge in [-0.3, -0.25) is 9.59 Å². The average Bonchev–Trinajstić information content (AvgIpc) is 3.24. The van der Waals surface area contributed by atoms with Crippen molar-refractivity contribution < 1.29 is 28.2 Å². The maximum Gasteiger partial charge on any atom is 0.291 e. The zero-order valence-corrected chi connectivity index (χ0v) is 20.1. The van der Waals surface area contributed by atoms with Gasteiger partial charge in [0.1, 0.15) is 23.0 Å². The van der Waals surface area contributed by atoms with Gasteiger partial charge < -0.3 is 23.9 Å². The molecular formula is C26H27N3O6. The lowest BCUT2D eigenvalue weighted by molar-refractivity contribution is 0.0953. The Hall–Kier alpha value is -4.27. The SMILES string of the molecule is COc1cccc(C(=O)N/N=C2\CCCc3oc(C(=O)Nc4cc(OC)ccc4OC)c(C)c32)c1. The molecule has 4 rings (SSSR count). The topological polar surface area (TPSA) is 111 Å². The van der Waals surface area contributed by atoms with Gasteiger partial charge >= 0.3 is 0 Å². The first-order valence-electron chi connectivity index (χ1n) is 11.1. The quantitative estimate of drug-likeness (QED) is 0.490. The fourth-order valence-electron chi connectivity index (χ4n) is 4.03. The molecule has 1 aromatic heterocycles. The molecule has 2 aromatic carbocycles. The number of anilines is 1. The Labute approximate surface area is 203 Å². The number of hydrogen-bond donors (Lipinski definition) is 2. The Bertz CT molecular complexity index is 1290. The number of hydrazone groups is 1. The molecule has 0 spiro atoms. The Balaban J connectivity index is 1.58. The standard InChI is InChI=1S/C26H27N3O6/c1-15-23-19(28-29-25(30)16-7-5-8-17(13-16)32-2)9-6-10-22(23)35-24(15)26(31)27-20-14-18(33-3)11-12-21(20)34-4/h5,7-8,11-14H,6,9-10H2,1-4H3,(H,27,31)(H,29,30)/b28-19+. The van der Waals surface area contributed by atoms with E-state index in [4.69, 9.17) is 18.6 Å². The summed E-state index contributed by atoms with van der Waals surface area (Å²) in [6, 6.07) is 12.0. The zero-order valence-electron chi connectivity index (χ0n) is 20.1. The van der Waals surface area contributed by atoms with Gasteiger partial charge in [0.2, 0.25) is 0 Å². The van der Waals surface area contributed by atoms with Crippen LogP contribution < -0.4 is 25.0 Å². The second-order valence-electron chi connectivity index (χ2n) is 7.96. The number of aryl methyl sites for hydroxylation is 1. The van der Waals surface area contributed by atoms with Crippen molar-refractivity contribution in [2.75, 3.05) is 26.6 Å². The van der Waals surface area contributed by atoms with Crippen LogP contribution in [0.3, 0.4) is 0 Å². The molecule has 182 valence electrons. The maximum atomic E-state index is 13.1. The Morgan fingerprint density at radius 1 is 0.943 bits per heavy atom. The number of nitrogens with zero attached hydrogens (tertiary/aromatic N) is 1. The normalized spacial score (nSPS) is 13.7. The number of methoxy groups -OCH3 is 3. The average molecular weight is 478 g/mol. The van der Waals surface area contributed by atoms with Crippen molar-refractivity contribution in [3.8, 4) is 17.2 Å². The molecule has 0 aliphatic heterocycles. The van der Waals surface area contributed by atoms with Crippen molar-refractivity contribution >= 4 is 23.2 Å². The molecule has 1 aliphatic carbocycles. The van der Waals surface area contributed by atoms with E-state index >= 15 is 0 Å². The predicted octanol–water partition coefficient (Wildman–Crippen LogP) is 4.34. The van der Waals surface area contributed by atoms with E-state index in [0.717, 1.165) is 12.0 Å². The van der Waals surface area contributed by atoms with Gasteiger partial charge in [-0.25, -0.2) is 5.43 Å². The van der Waals surface area contributed by atoms with Crippen molar-refractivity contribution in [3.05, 3.63) is 70.7 Å². The van der Waals surface area contributed by atoms with E-state index < -0.39 is 5.91 Å². The summed E-state index contributed by atoms with van der Waals surface area (Å²) in [5, 5.41) is 7.21. The number of furan rings is 1. The number of benzene rings is 2. The number of carbonyl (C=O) groups excluding carboxylic acids is 2. The molecule has 35 heavy (non-hydrogen) atoms. The Morgan fingerprint density at radius 3 is 2.46 bits per heavy atom. The highest BCUT2D eigenvalue weighted by atomic mass is 16.5. The summed E-state index contributed by atoms with van der Waals surface area (Å²) < 4.78 is 21.7. The molecule has 0 radical (unpaired) electrons. The van der Waals surface area contributed by atoms with Crippen molar-refractivity contribution in [2.45, 2.75) is 26.2 Å². The summed E-state index contributed by atoms with van der Waals surface area (Å²) in [5.74, 6) is 1.75. The Morgan fingerprint density at radius 2 is 1.71 bits per heavy atom. The number of fused-ring (bicyclic) bond motifs is 1. The summed E-state index contributed by atoms with van der Waals surface area (Å²) in [6.45, 7) is 1.81. The largest absolute Gasteiger partial charge is 0.497 e. The van der Waals surface area contributed by atoms with Gasteiger partial charge in [-0.15, -0.1) is 0 Å². The molecule has 9 heteroatoms. The van der Waals surface area contributed by atoms with E-state index in [1.807, 2.05) is 6.92 Å². The molecule has 9 nitrogen and oxygen atoms in total. The van der Waals surface area contributed by atoms with Crippen LogP contribution in [-0.4, -0.2) is 38.9 Å². The van der Waals surface area contributed by atoms with E-state index in [-0.39, 0.29) is 11.7 Å². The molecule has 0 atom stereocenters. The Kier molecular flexibility index (Phi) is 7.05. The van der Waals surface area contributed by atoms with Gasteiger partial charge in [0.25, 0.3) is 11.8 Å². The monoisotopic (exact) mass is 477 g/mol. The molecule has 0 saturated carbocycles. The molecular weight excluding hydrogens is 450 g/mol. The summed E-state index contributed by atoms with van der Waals surface area (Å²) >= 11 is 0. The van der Waals surface area contributed by atoms with Crippen LogP contribution in [0.1, 0.15) is 50.6 Å². The zero-order chi connectivity index (χ0) is 24.9. The van der Waals surface area contributed by atoms with Crippen LogP contribution in [0.5, 0.6) is 17.2 Å². The molecule has 3 aromatic rings. The maximum absolute atomic E-state index is 13.1. The van der Waals surface area contributed by atoms with Crippen LogP contribution >= 0.6 is 0 Å². The lowest BCUT2D eigenvalue weighted by atomic mass is 9.93. The van der Waals surface area contributed by atoms with Crippen LogP contribution in [0, 0.1) is 6.92 Å². The third-order valence-corrected chi connectivity index (χ3v) is 5.81. The van der Waals surface area contributed by atoms with Gasteiger partial charge in [-0.1, -0.05) is 6.07 Å². The third kappa shape index (κ3) is 4.98. The van der Waals surface area contributed by atoms with Gasteiger partial charge in [0.05, 0.1) is 32.7 Å². The molecule has 2 amide bonds. The van der Waals surface area contributed by atoms with Crippen molar-refractivity contribution in [1.82, 2.24) is 5.43 Å². The minimum absolute atomic E-state index is 0.189. The van der Waals surface area contributed by atoms with Crippen LogP contribution in [0.2, 0.25) is 0 Å². The van der Waals surface area contributed by atoms with Crippen molar-refractivity contribution in [2.24, 2.45) is 5.10 Å². The predicted molar refractivity (Wildman–Crippen MR) is 131 cm³/mol. The van der Waals surface area contributed by atoms with Gasteiger partial charge in [-0.05, 0) is 50.1 Å². The van der Waals surface area contributed by atoms with Gasteiger partial charge in [0.15, 0.2) is 5.76 Å². The summed E-state index contributed by atoms with van der Waals surface area (Å²) in [7, 11) is 4.61. The molecule has 2 N–H and O–H groups in total. The highest BCUT2D eigenvalue weighted by Crippen LogP contribution is 2.33. The van der Waals surface area contributed by atoms with Crippen molar-refractivity contribution in [1.29, 1.82) is 0 Å². The minimum Gasteiger partial charge on any atom is -0.497 e. The lowest BCUT2D eigenvalue weighted by Crippen LogP contribution is -2.22. The van der Waals surface area contributed by atoms with E-state index in [0.29, 0.717) is 58.4 Å². The lowest BCUT2D eigenvalue weighted by Gasteiger charge is -2.13. The highest BCUT2D eigenvalue weighted by molar-refractivity contribution is 6.10. The molecule has 1 aliphatic rings. The molecule has 0 unspecified atom stereocenters. The van der Waals surface area contributed by atoms with Crippen molar-refractivity contribution in [3.63, 3.8) is 0 Å². The third-order valence-electron chi connectivity index (χ3n) is 5.81. The molecule has 0 bridgehead atoms. The van der Waals surface area contributed by atoms with E-state index in [2.05, 4.69) is 15.8 Å². The highest BCUT2D eigenvalue weighted by Gasteiger charge is 2.28. The number of ether oxygens (including phenoxy) is 3. The minimum atomic E-state index is -0.414. The van der Waals surface area contributed by atoms with Gasteiger partial charge in [-0.2, -0.15) is 5.10 Å². The number of rotatable bonds is 7. The van der Waals surface area contributed by atoms with E-state index in [1.54, 1.807) is 56.7 Å². The number of carbonyl (C=O) groups is 2. The van der Waals surface area contributed by atoms with Crippen LogP contribution in [0.15, 0.2) is 52.0 Å². The van der Waals surface area contributed by atoms with Crippen LogP contribution in [0.25, 0.3) is 0 Å². The number of amides is 2. The molecule has 0 fully saturated rings. The molecule has 1 heterocycles. The summed E-state index contributed by atoms with van der Waals surface area (Å²) in [4.78, 5) is 25.7.